The molecular weight excluding hydrogens is 228 g/mol. The number of nitrogens with one attached hydrogen (secondary N) is 1. The molecule has 1 aromatic rings. The van der Waals surface area contributed by atoms with E-state index in [1.165, 1.54) is 24.3 Å². The van der Waals surface area contributed by atoms with Crippen molar-refractivity contribution >= 4 is 11.7 Å². The van der Waals surface area contributed by atoms with Gasteiger partial charge in [0.05, 0.1) is 6.61 Å². The lowest BCUT2D eigenvalue weighted by molar-refractivity contribution is -0.137. The van der Waals surface area contributed by atoms with Gasteiger partial charge in [-0.15, -0.1) is 0 Å². The van der Waals surface area contributed by atoms with E-state index in [4.69, 9.17) is 0 Å². The zero-order valence-corrected chi connectivity index (χ0v) is 9.37. The molecule has 0 aromatic heterocycles. The maximum absolute atomic E-state index is 12.8. The van der Waals surface area contributed by atoms with Crippen molar-refractivity contribution in [2.45, 2.75) is 6.92 Å². The highest BCUT2D eigenvalue weighted by atomic mass is 19.1. The zero-order valence-electron chi connectivity index (χ0n) is 9.37. The van der Waals surface area contributed by atoms with Crippen LogP contribution in [-0.4, -0.2) is 19.1 Å². The molecule has 92 valence electrons. The van der Waals surface area contributed by atoms with E-state index >= 15 is 0 Å². The number of carbonyl (C=O) groups is 1. The highest BCUT2D eigenvalue weighted by Gasteiger charge is 1.99. The van der Waals surface area contributed by atoms with Gasteiger partial charge in [-0.2, -0.15) is 0 Å². The van der Waals surface area contributed by atoms with Gasteiger partial charge in [-0.25, -0.2) is 13.6 Å². The van der Waals surface area contributed by atoms with Crippen LogP contribution in [0.1, 0.15) is 6.92 Å². The molecule has 0 amide bonds. The average Bonchev–Trinajstić information content (AvgIpc) is 2.23. The maximum Gasteiger partial charge on any atom is 0.330 e. The Bertz CT molecular complexity index is 399. The Labute approximate surface area is 98.1 Å². The van der Waals surface area contributed by atoms with Crippen LogP contribution in [0.15, 0.2) is 30.4 Å². The smallest absolute Gasteiger partial charge is 0.330 e. The van der Waals surface area contributed by atoms with Gasteiger partial charge in [0.15, 0.2) is 0 Å². The van der Waals surface area contributed by atoms with Crippen molar-refractivity contribution in [3.05, 3.63) is 42.0 Å². The van der Waals surface area contributed by atoms with Crippen molar-refractivity contribution in [2.24, 2.45) is 0 Å². The van der Waals surface area contributed by atoms with Crippen molar-refractivity contribution in [1.29, 1.82) is 0 Å². The first-order valence-electron chi connectivity index (χ1n) is 5.15. The lowest BCUT2D eigenvalue weighted by Crippen LogP contribution is -2.03. The third kappa shape index (κ3) is 5.10. The summed E-state index contributed by atoms with van der Waals surface area (Å²) in [6.07, 6.45) is 2.77. The molecule has 0 aliphatic rings. The van der Waals surface area contributed by atoms with E-state index in [2.05, 4.69) is 10.1 Å². The molecule has 3 nitrogen and oxygen atoms in total. The van der Waals surface area contributed by atoms with Gasteiger partial charge < -0.3 is 10.1 Å². The molecule has 0 radical (unpaired) electrons. The standard InChI is InChI=1S/C12H13F2NO2/c1-2-17-12(16)4-3-5-15-11-7-9(13)6-10(14)8-11/h3-4,6-8,15H,2,5H2,1H3/b4-3+. The van der Waals surface area contributed by atoms with E-state index < -0.39 is 17.6 Å². The summed E-state index contributed by atoms with van der Waals surface area (Å²) in [5.41, 5.74) is 0.316. The Morgan fingerprint density at radius 2 is 2.00 bits per heavy atom. The number of hydrogen-bond donors (Lipinski definition) is 1. The highest BCUT2D eigenvalue weighted by molar-refractivity contribution is 5.81. The number of rotatable bonds is 5. The molecule has 1 N–H and O–H groups in total. The fraction of sp³-hybridized carbons (Fsp3) is 0.250. The minimum atomic E-state index is -0.651. The first kappa shape index (κ1) is 13.2. The molecule has 0 spiro atoms. The van der Waals surface area contributed by atoms with E-state index in [-0.39, 0.29) is 6.54 Å². The highest BCUT2D eigenvalue weighted by Crippen LogP contribution is 2.12. The summed E-state index contributed by atoms with van der Waals surface area (Å²) in [5.74, 6) is -1.75. The van der Waals surface area contributed by atoms with Crippen LogP contribution in [0.4, 0.5) is 14.5 Å². The second-order valence-corrected chi connectivity index (χ2v) is 3.19. The van der Waals surface area contributed by atoms with Crippen LogP contribution in [0.25, 0.3) is 0 Å². The predicted octanol–water partition coefficient (Wildman–Crippen LogP) is 2.50. The summed E-state index contributed by atoms with van der Waals surface area (Å²) in [5, 5.41) is 2.75. The summed E-state index contributed by atoms with van der Waals surface area (Å²) in [6.45, 7) is 2.30. The molecule has 0 atom stereocenters. The SMILES string of the molecule is CCOC(=O)/C=C/CNc1cc(F)cc(F)c1. The van der Waals surface area contributed by atoms with Crippen LogP contribution >= 0.6 is 0 Å². The van der Waals surface area contributed by atoms with E-state index in [9.17, 15) is 13.6 Å². The van der Waals surface area contributed by atoms with Crippen LogP contribution in [0.2, 0.25) is 0 Å². The third-order valence-electron chi connectivity index (χ3n) is 1.83. The predicted molar refractivity (Wildman–Crippen MR) is 60.6 cm³/mol. The summed E-state index contributed by atoms with van der Waals surface area (Å²) in [6, 6.07) is 3.13. The Morgan fingerprint density at radius 3 is 2.59 bits per heavy atom. The van der Waals surface area contributed by atoms with Crippen LogP contribution in [0.3, 0.4) is 0 Å². The van der Waals surface area contributed by atoms with Crippen LogP contribution in [0, 0.1) is 11.6 Å². The van der Waals surface area contributed by atoms with Gasteiger partial charge in [0.2, 0.25) is 0 Å². The molecule has 0 saturated heterocycles. The minimum absolute atomic E-state index is 0.279. The van der Waals surface area contributed by atoms with Gasteiger partial charge in [-0.1, -0.05) is 6.08 Å². The Morgan fingerprint density at radius 1 is 1.35 bits per heavy atom. The molecular formula is C12H13F2NO2. The molecule has 0 fully saturated rings. The van der Waals surface area contributed by atoms with Gasteiger partial charge in [-0.3, -0.25) is 0 Å². The number of hydrogen-bond acceptors (Lipinski definition) is 3. The Balaban J connectivity index is 2.43. The fourth-order valence-electron chi connectivity index (χ4n) is 1.18. The van der Waals surface area contributed by atoms with E-state index in [0.29, 0.717) is 12.3 Å². The van der Waals surface area contributed by atoms with Crippen LogP contribution in [0.5, 0.6) is 0 Å². The number of carbonyl (C=O) groups excluding carboxylic acids is 1. The van der Waals surface area contributed by atoms with Crippen molar-refractivity contribution in [2.75, 3.05) is 18.5 Å². The van der Waals surface area contributed by atoms with E-state index in [1.54, 1.807) is 6.92 Å². The topological polar surface area (TPSA) is 38.3 Å². The molecule has 0 unspecified atom stereocenters. The van der Waals surface area contributed by atoms with Gasteiger partial charge in [0, 0.05) is 24.4 Å². The summed E-state index contributed by atoms with van der Waals surface area (Å²) < 4.78 is 30.2. The minimum Gasteiger partial charge on any atom is -0.463 e. The second-order valence-electron chi connectivity index (χ2n) is 3.19. The summed E-state index contributed by atoms with van der Waals surface area (Å²) >= 11 is 0. The second kappa shape index (κ2) is 6.62. The molecule has 0 heterocycles. The molecule has 0 bridgehead atoms. The quantitative estimate of drug-likeness (QED) is 0.635. The molecule has 1 rings (SSSR count). The van der Waals surface area contributed by atoms with Crippen LogP contribution < -0.4 is 5.32 Å². The van der Waals surface area contributed by atoms with Crippen molar-refractivity contribution in [1.82, 2.24) is 0 Å². The van der Waals surface area contributed by atoms with Crippen LogP contribution in [-0.2, 0) is 9.53 Å². The maximum atomic E-state index is 12.8. The Hall–Kier alpha value is -1.91. The summed E-state index contributed by atoms with van der Waals surface area (Å²) in [4.78, 5) is 10.9. The molecule has 0 saturated carbocycles. The zero-order chi connectivity index (χ0) is 12.7. The van der Waals surface area contributed by atoms with Gasteiger partial charge in [0.25, 0.3) is 0 Å². The average molecular weight is 241 g/mol. The van der Waals surface area contributed by atoms with Crippen molar-refractivity contribution < 1.29 is 18.3 Å². The monoisotopic (exact) mass is 241 g/mol. The normalized spacial score (nSPS) is 10.5. The van der Waals surface area contributed by atoms with Crippen molar-refractivity contribution in [3.63, 3.8) is 0 Å². The first-order valence-corrected chi connectivity index (χ1v) is 5.15. The fourth-order valence-corrected chi connectivity index (χ4v) is 1.18. The molecule has 1 aromatic carbocycles. The number of benzene rings is 1. The number of anilines is 1. The molecule has 0 aliphatic carbocycles. The van der Waals surface area contributed by atoms with Gasteiger partial charge in [-0.05, 0) is 19.1 Å². The van der Waals surface area contributed by atoms with Crippen molar-refractivity contribution in [3.8, 4) is 0 Å². The lowest BCUT2D eigenvalue weighted by Gasteiger charge is -2.03. The molecule has 17 heavy (non-hydrogen) atoms. The number of esters is 1. The largest absolute Gasteiger partial charge is 0.463 e. The van der Waals surface area contributed by atoms with Gasteiger partial charge in [0.1, 0.15) is 11.6 Å². The lowest BCUT2D eigenvalue weighted by atomic mass is 10.3. The van der Waals surface area contributed by atoms with E-state index in [1.807, 2.05) is 0 Å². The number of halogens is 2. The van der Waals surface area contributed by atoms with E-state index in [0.717, 1.165) is 6.07 Å². The third-order valence-corrected chi connectivity index (χ3v) is 1.83. The molecule has 5 heteroatoms. The first-order chi connectivity index (χ1) is 8.11. The Kier molecular flexibility index (Phi) is 5.13. The molecule has 0 aliphatic heterocycles. The van der Waals surface area contributed by atoms with Gasteiger partial charge >= 0.3 is 5.97 Å². The summed E-state index contributed by atoms with van der Waals surface area (Å²) in [7, 11) is 0. The number of ether oxygens (including phenoxy) is 1.